The predicted octanol–water partition coefficient (Wildman–Crippen LogP) is 2.10. The average molecular weight is 358 g/mol. The maximum absolute atomic E-state index is 12.0. The molecule has 0 fully saturated rings. The molecule has 0 aliphatic carbocycles. The second kappa shape index (κ2) is 8.52. The molecule has 136 valence electrons. The Morgan fingerprint density at radius 2 is 1.77 bits per heavy atom. The van der Waals surface area contributed by atoms with E-state index in [2.05, 4.69) is 10.5 Å². The Hall–Kier alpha value is -3.55. The second-order valence-electron chi connectivity index (χ2n) is 5.10. The molecule has 1 amide bonds. The van der Waals surface area contributed by atoms with Gasteiger partial charge in [-0.3, -0.25) is 9.59 Å². The topological polar surface area (TPSA) is 106 Å². The van der Waals surface area contributed by atoms with Gasteiger partial charge in [0, 0.05) is 18.1 Å². The number of aromatic hydroxyl groups is 1. The van der Waals surface area contributed by atoms with Crippen molar-refractivity contribution in [2.24, 2.45) is 5.10 Å². The van der Waals surface area contributed by atoms with Gasteiger partial charge in [-0.2, -0.15) is 5.10 Å². The standard InChI is InChI=1S/C18H18N2O6/c1-11(21)26-17-15(24-2)7-12(8-16(17)25-3)10-19-20-18(23)13-5-4-6-14(22)9-13/h4-10,22H,1-3H3,(H,20,23)/b19-10-. The Kier molecular flexibility index (Phi) is 6.15. The largest absolute Gasteiger partial charge is 0.508 e. The SMILES string of the molecule is COc1cc(/C=N\NC(=O)c2cccc(O)c2)cc(OC)c1OC(C)=O. The number of rotatable bonds is 6. The highest BCUT2D eigenvalue weighted by Crippen LogP contribution is 2.38. The molecule has 0 heterocycles. The van der Waals surface area contributed by atoms with Crippen molar-refractivity contribution in [2.75, 3.05) is 14.2 Å². The van der Waals surface area contributed by atoms with Crippen molar-refractivity contribution in [3.63, 3.8) is 0 Å². The number of carbonyl (C=O) groups excluding carboxylic acids is 2. The maximum Gasteiger partial charge on any atom is 0.308 e. The summed E-state index contributed by atoms with van der Waals surface area (Å²) in [5.74, 6) is -0.296. The van der Waals surface area contributed by atoms with E-state index in [1.165, 1.54) is 39.5 Å². The van der Waals surface area contributed by atoms with Crippen molar-refractivity contribution in [3.05, 3.63) is 47.5 Å². The number of hydrogen-bond acceptors (Lipinski definition) is 7. The van der Waals surface area contributed by atoms with E-state index in [1.807, 2.05) is 0 Å². The Morgan fingerprint density at radius 3 is 2.31 bits per heavy atom. The van der Waals surface area contributed by atoms with Crippen molar-refractivity contribution in [1.29, 1.82) is 0 Å². The fourth-order valence-electron chi connectivity index (χ4n) is 2.10. The number of hydrogen-bond donors (Lipinski definition) is 2. The fraction of sp³-hybridized carbons (Fsp3) is 0.167. The van der Waals surface area contributed by atoms with Gasteiger partial charge in [0.25, 0.3) is 5.91 Å². The van der Waals surface area contributed by atoms with Crippen LogP contribution in [0.3, 0.4) is 0 Å². The second-order valence-corrected chi connectivity index (χ2v) is 5.10. The first-order chi connectivity index (χ1) is 12.4. The van der Waals surface area contributed by atoms with Gasteiger partial charge in [-0.25, -0.2) is 5.43 Å². The molecule has 0 atom stereocenters. The zero-order valence-electron chi connectivity index (χ0n) is 14.5. The Morgan fingerprint density at radius 1 is 1.12 bits per heavy atom. The predicted molar refractivity (Wildman–Crippen MR) is 94.0 cm³/mol. The van der Waals surface area contributed by atoms with Gasteiger partial charge in [0.05, 0.1) is 20.4 Å². The molecule has 8 nitrogen and oxygen atoms in total. The molecule has 0 spiro atoms. The zero-order valence-corrected chi connectivity index (χ0v) is 14.5. The van der Waals surface area contributed by atoms with E-state index in [-0.39, 0.29) is 28.6 Å². The summed E-state index contributed by atoms with van der Waals surface area (Å²) in [6.45, 7) is 1.27. The summed E-state index contributed by atoms with van der Waals surface area (Å²) < 4.78 is 15.5. The molecule has 0 unspecified atom stereocenters. The molecule has 2 N–H and O–H groups in total. The number of nitrogens with zero attached hydrogens (tertiary/aromatic N) is 1. The number of ether oxygens (including phenoxy) is 3. The molecule has 0 aliphatic heterocycles. The van der Waals surface area contributed by atoms with Crippen molar-refractivity contribution in [2.45, 2.75) is 6.92 Å². The number of esters is 1. The van der Waals surface area contributed by atoms with Crippen LogP contribution < -0.4 is 19.6 Å². The molecule has 2 aromatic rings. The summed E-state index contributed by atoms with van der Waals surface area (Å²) in [7, 11) is 2.85. The molecule has 2 aromatic carbocycles. The molecule has 26 heavy (non-hydrogen) atoms. The molecular formula is C18H18N2O6. The molecule has 0 aliphatic rings. The number of benzene rings is 2. The monoisotopic (exact) mass is 358 g/mol. The minimum atomic E-state index is -0.513. The molecule has 0 aromatic heterocycles. The summed E-state index contributed by atoms with van der Waals surface area (Å²) >= 11 is 0. The minimum Gasteiger partial charge on any atom is -0.508 e. The van der Waals surface area contributed by atoms with E-state index in [4.69, 9.17) is 14.2 Å². The van der Waals surface area contributed by atoms with E-state index in [0.717, 1.165) is 0 Å². The van der Waals surface area contributed by atoms with Gasteiger partial charge in [-0.15, -0.1) is 0 Å². The quantitative estimate of drug-likeness (QED) is 0.354. The molecule has 8 heteroatoms. The molecule has 2 rings (SSSR count). The number of amides is 1. The van der Waals surface area contributed by atoms with Crippen LogP contribution in [0.15, 0.2) is 41.5 Å². The number of phenols is 1. The third kappa shape index (κ3) is 4.73. The summed E-state index contributed by atoms with van der Waals surface area (Å²) in [6.07, 6.45) is 1.38. The lowest BCUT2D eigenvalue weighted by molar-refractivity contribution is -0.132. The first-order valence-electron chi connectivity index (χ1n) is 7.51. The molecule has 0 radical (unpaired) electrons. The minimum absolute atomic E-state index is 0.0165. The Balaban J connectivity index is 2.19. The Bertz CT molecular complexity index is 822. The summed E-state index contributed by atoms with van der Waals surface area (Å²) in [4.78, 5) is 23.2. The molecule has 0 saturated carbocycles. The van der Waals surface area contributed by atoms with Crippen LogP contribution in [0.4, 0.5) is 0 Å². The van der Waals surface area contributed by atoms with Gasteiger partial charge < -0.3 is 19.3 Å². The first kappa shape index (κ1) is 18.8. The molecular weight excluding hydrogens is 340 g/mol. The summed E-state index contributed by atoms with van der Waals surface area (Å²) in [5.41, 5.74) is 3.16. The number of phenolic OH excluding ortho intramolecular Hbond substituents is 1. The Labute approximate surface area is 150 Å². The lowest BCUT2D eigenvalue weighted by Crippen LogP contribution is -2.17. The molecule has 0 bridgehead atoms. The van der Waals surface area contributed by atoms with Crippen molar-refractivity contribution >= 4 is 18.1 Å². The van der Waals surface area contributed by atoms with Crippen LogP contribution in [0.5, 0.6) is 23.0 Å². The van der Waals surface area contributed by atoms with Crippen LogP contribution in [-0.4, -0.2) is 37.4 Å². The van der Waals surface area contributed by atoms with Crippen LogP contribution >= 0.6 is 0 Å². The fourth-order valence-corrected chi connectivity index (χ4v) is 2.10. The first-order valence-corrected chi connectivity index (χ1v) is 7.51. The summed E-state index contributed by atoms with van der Waals surface area (Å²) in [5, 5.41) is 13.3. The highest BCUT2D eigenvalue weighted by molar-refractivity contribution is 5.95. The highest BCUT2D eigenvalue weighted by atomic mass is 16.6. The van der Waals surface area contributed by atoms with Gasteiger partial charge in [0.2, 0.25) is 5.75 Å². The van der Waals surface area contributed by atoms with E-state index < -0.39 is 11.9 Å². The van der Waals surface area contributed by atoms with Crippen LogP contribution in [0.25, 0.3) is 0 Å². The van der Waals surface area contributed by atoms with Crippen LogP contribution in [0.1, 0.15) is 22.8 Å². The maximum atomic E-state index is 12.0. The number of methoxy groups -OCH3 is 2. The van der Waals surface area contributed by atoms with Crippen LogP contribution in [0.2, 0.25) is 0 Å². The van der Waals surface area contributed by atoms with Gasteiger partial charge in [0.1, 0.15) is 5.75 Å². The van der Waals surface area contributed by atoms with Crippen molar-refractivity contribution in [3.8, 4) is 23.0 Å². The average Bonchev–Trinajstić information content (AvgIpc) is 2.61. The van der Waals surface area contributed by atoms with Crippen molar-refractivity contribution in [1.82, 2.24) is 5.43 Å². The van der Waals surface area contributed by atoms with E-state index >= 15 is 0 Å². The third-order valence-corrected chi connectivity index (χ3v) is 3.22. The number of carbonyl (C=O) groups is 2. The lowest BCUT2D eigenvalue weighted by Gasteiger charge is -2.13. The molecule has 0 saturated heterocycles. The van der Waals surface area contributed by atoms with E-state index in [0.29, 0.717) is 5.56 Å². The van der Waals surface area contributed by atoms with E-state index in [1.54, 1.807) is 24.3 Å². The third-order valence-electron chi connectivity index (χ3n) is 3.22. The van der Waals surface area contributed by atoms with Crippen molar-refractivity contribution < 1.29 is 28.9 Å². The van der Waals surface area contributed by atoms with Gasteiger partial charge in [-0.05, 0) is 30.3 Å². The number of nitrogens with one attached hydrogen (secondary N) is 1. The van der Waals surface area contributed by atoms with Gasteiger partial charge in [0.15, 0.2) is 11.5 Å². The lowest BCUT2D eigenvalue weighted by atomic mass is 10.2. The van der Waals surface area contributed by atoms with Gasteiger partial charge >= 0.3 is 5.97 Å². The van der Waals surface area contributed by atoms with E-state index in [9.17, 15) is 14.7 Å². The summed E-state index contributed by atoms with van der Waals surface area (Å²) in [6, 6.07) is 9.03. The van der Waals surface area contributed by atoms with Gasteiger partial charge in [-0.1, -0.05) is 6.07 Å². The van der Waals surface area contributed by atoms with Crippen LogP contribution in [-0.2, 0) is 4.79 Å². The normalized spacial score (nSPS) is 10.4. The highest BCUT2D eigenvalue weighted by Gasteiger charge is 2.15. The van der Waals surface area contributed by atoms with Crippen LogP contribution in [0, 0.1) is 0 Å². The number of hydrazone groups is 1. The zero-order chi connectivity index (χ0) is 19.1. The smallest absolute Gasteiger partial charge is 0.308 e.